The fourth-order valence-corrected chi connectivity index (χ4v) is 4.14. The SMILES string of the molecule is Cc1cc(N2C(=O)C(O)=C(C(=O)c3cccs3)[C@H]2c2ccc(C(C)C)cc2)no1. The summed E-state index contributed by atoms with van der Waals surface area (Å²) in [5, 5.41) is 16.4. The lowest BCUT2D eigenvalue weighted by Crippen LogP contribution is -2.31. The van der Waals surface area contributed by atoms with E-state index in [0.29, 0.717) is 22.1 Å². The number of ketones is 1. The number of nitrogens with zero attached hydrogens (tertiary/aromatic N) is 2. The number of amides is 1. The van der Waals surface area contributed by atoms with Crippen molar-refractivity contribution in [3.05, 3.63) is 80.9 Å². The van der Waals surface area contributed by atoms with Gasteiger partial charge in [-0.25, -0.2) is 0 Å². The number of thiophene rings is 1. The molecular weight excluding hydrogens is 388 g/mol. The molecule has 0 saturated carbocycles. The molecule has 1 amide bonds. The molecule has 0 aliphatic carbocycles. The van der Waals surface area contributed by atoms with E-state index < -0.39 is 17.7 Å². The zero-order valence-electron chi connectivity index (χ0n) is 16.2. The van der Waals surface area contributed by atoms with Crippen LogP contribution >= 0.6 is 11.3 Å². The van der Waals surface area contributed by atoms with Crippen LogP contribution in [0.5, 0.6) is 0 Å². The molecule has 148 valence electrons. The number of hydrogen-bond donors (Lipinski definition) is 1. The minimum Gasteiger partial charge on any atom is -0.503 e. The van der Waals surface area contributed by atoms with Crippen molar-refractivity contribution in [3.8, 4) is 0 Å². The van der Waals surface area contributed by atoms with E-state index in [4.69, 9.17) is 4.52 Å². The molecule has 7 heteroatoms. The molecule has 1 N–H and O–H groups in total. The molecule has 1 aliphatic rings. The van der Waals surface area contributed by atoms with Crippen molar-refractivity contribution in [2.75, 3.05) is 4.90 Å². The van der Waals surface area contributed by atoms with Gasteiger partial charge in [-0.2, -0.15) is 0 Å². The highest BCUT2D eigenvalue weighted by atomic mass is 32.1. The van der Waals surface area contributed by atoms with Gasteiger partial charge in [-0.05, 0) is 35.4 Å². The zero-order chi connectivity index (χ0) is 20.7. The Morgan fingerprint density at radius 3 is 2.52 bits per heavy atom. The highest BCUT2D eigenvalue weighted by molar-refractivity contribution is 7.12. The average molecular weight is 408 g/mol. The molecule has 0 fully saturated rings. The first-order valence-electron chi connectivity index (χ1n) is 9.26. The second-order valence-electron chi connectivity index (χ2n) is 7.26. The van der Waals surface area contributed by atoms with Crippen molar-refractivity contribution in [2.24, 2.45) is 0 Å². The van der Waals surface area contributed by atoms with Crippen LogP contribution in [0.25, 0.3) is 0 Å². The van der Waals surface area contributed by atoms with Crippen LogP contribution in [0, 0.1) is 6.92 Å². The zero-order valence-corrected chi connectivity index (χ0v) is 17.1. The van der Waals surface area contributed by atoms with Crippen molar-refractivity contribution in [1.29, 1.82) is 0 Å². The summed E-state index contributed by atoms with van der Waals surface area (Å²) in [7, 11) is 0. The van der Waals surface area contributed by atoms with E-state index in [1.807, 2.05) is 24.3 Å². The summed E-state index contributed by atoms with van der Waals surface area (Å²) in [5.74, 6) is -0.463. The van der Waals surface area contributed by atoms with Crippen LogP contribution in [0.2, 0.25) is 0 Å². The topological polar surface area (TPSA) is 83.6 Å². The normalized spacial score (nSPS) is 16.9. The third-order valence-electron chi connectivity index (χ3n) is 4.98. The third kappa shape index (κ3) is 3.27. The maximum atomic E-state index is 13.2. The van der Waals surface area contributed by atoms with Crippen LogP contribution < -0.4 is 4.90 Å². The number of rotatable bonds is 5. The Balaban J connectivity index is 1.85. The second kappa shape index (κ2) is 7.33. The first-order chi connectivity index (χ1) is 13.9. The average Bonchev–Trinajstić information content (AvgIpc) is 3.43. The van der Waals surface area contributed by atoms with Gasteiger partial charge in [-0.1, -0.05) is 49.3 Å². The van der Waals surface area contributed by atoms with Crippen molar-refractivity contribution < 1.29 is 19.2 Å². The van der Waals surface area contributed by atoms with Gasteiger partial charge in [0, 0.05) is 6.07 Å². The summed E-state index contributed by atoms with van der Waals surface area (Å²) in [6, 6.07) is 12.0. The molecule has 2 aromatic heterocycles. The molecule has 29 heavy (non-hydrogen) atoms. The summed E-state index contributed by atoms with van der Waals surface area (Å²) in [6.45, 7) is 5.90. The number of aliphatic hydroxyl groups excluding tert-OH is 1. The Labute approximate surface area is 172 Å². The summed E-state index contributed by atoms with van der Waals surface area (Å²) < 4.78 is 5.14. The van der Waals surface area contributed by atoms with E-state index in [-0.39, 0.29) is 17.2 Å². The fraction of sp³-hybridized carbons (Fsp3) is 0.227. The fourth-order valence-electron chi connectivity index (χ4n) is 3.46. The molecule has 0 radical (unpaired) electrons. The van der Waals surface area contributed by atoms with Crippen LogP contribution in [-0.2, 0) is 4.79 Å². The molecule has 6 nitrogen and oxygen atoms in total. The first kappa shape index (κ1) is 19.1. The van der Waals surface area contributed by atoms with Gasteiger partial charge in [0.05, 0.1) is 16.5 Å². The van der Waals surface area contributed by atoms with Crippen molar-refractivity contribution in [1.82, 2.24) is 5.16 Å². The first-order valence-corrected chi connectivity index (χ1v) is 10.1. The van der Waals surface area contributed by atoms with Crippen LogP contribution in [0.4, 0.5) is 5.82 Å². The second-order valence-corrected chi connectivity index (χ2v) is 8.21. The van der Waals surface area contributed by atoms with E-state index in [1.165, 1.54) is 16.2 Å². The van der Waals surface area contributed by atoms with Gasteiger partial charge in [0.15, 0.2) is 11.6 Å². The Kier molecular flexibility index (Phi) is 4.84. The molecule has 3 aromatic rings. The molecule has 0 bridgehead atoms. The van der Waals surface area contributed by atoms with E-state index in [9.17, 15) is 14.7 Å². The Morgan fingerprint density at radius 2 is 1.97 bits per heavy atom. The van der Waals surface area contributed by atoms with Crippen molar-refractivity contribution in [2.45, 2.75) is 32.7 Å². The van der Waals surface area contributed by atoms with Gasteiger partial charge in [0.1, 0.15) is 5.76 Å². The van der Waals surface area contributed by atoms with Crippen LogP contribution in [0.3, 0.4) is 0 Å². The van der Waals surface area contributed by atoms with Crippen molar-refractivity contribution in [3.63, 3.8) is 0 Å². The number of aryl methyl sites for hydroxylation is 1. The van der Waals surface area contributed by atoms with Gasteiger partial charge in [-0.15, -0.1) is 11.3 Å². The van der Waals surface area contributed by atoms with Gasteiger partial charge in [-0.3, -0.25) is 14.5 Å². The number of Topliss-reactive ketones (excluding diaryl/α,β-unsaturated/α-hetero) is 1. The number of benzene rings is 1. The molecule has 4 rings (SSSR count). The Hall–Kier alpha value is -3.19. The molecule has 0 unspecified atom stereocenters. The number of hydrogen-bond acceptors (Lipinski definition) is 6. The molecular formula is C22H20N2O4S. The maximum absolute atomic E-state index is 13.2. The highest BCUT2D eigenvalue weighted by Gasteiger charge is 2.46. The van der Waals surface area contributed by atoms with E-state index >= 15 is 0 Å². The van der Waals surface area contributed by atoms with Crippen LogP contribution in [0.1, 0.15) is 52.4 Å². The number of carbonyl (C=O) groups excluding carboxylic acids is 2. The summed E-state index contributed by atoms with van der Waals surface area (Å²) in [4.78, 5) is 27.9. The highest BCUT2D eigenvalue weighted by Crippen LogP contribution is 2.42. The largest absolute Gasteiger partial charge is 0.503 e. The predicted molar refractivity (Wildman–Crippen MR) is 110 cm³/mol. The number of carbonyl (C=O) groups is 2. The standard InChI is InChI=1S/C22H20N2O4S/c1-12(2)14-6-8-15(9-7-14)19-18(20(25)16-5-4-10-29-16)21(26)22(27)24(19)17-11-13(3)28-23-17/h4-12,19,26H,1-3H3/t19-/m1/s1. The monoisotopic (exact) mass is 408 g/mol. The van der Waals surface area contributed by atoms with Gasteiger partial charge in [0.25, 0.3) is 5.91 Å². The van der Waals surface area contributed by atoms with Gasteiger partial charge >= 0.3 is 0 Å². The molecule has 0 spiro atoms. The molecule has 1 aliphatic heterocycles. The van der Waals surface area contributed by atoms with E-state index in [1.54, 1.807) is 30.5 Å². The van der Waals surface area contributed by atoms with Crippen molar-refractivity contribution >= 4 is 28.8 Å². The molecule has 0 saturated heterocycles. The van der Waals surface area contributed by atoms with Gasteiger partial charge in [0.2, 0.25) is 5.78 Å². The lowest BCUT2D eigenvalue weighted by molar-refractivity contribution is -0.117. The Bertz CT molecular complexity index is 1090. The minimum absolute atomic E-state index is 0.0513. The maximum Gasteiger partial charge on any atom is 0.295 e. The lowest BCUT2D eigenvalue weighted by Gasteiger charge is -2.24. The molecule has 1 atom stereocenters. The molecule has 1 aromatic carbocycles. The quantitative estimate of drug-likeness (QED) is 0.604. The van der Waals surface area contributed by atoms with Gasteiger partial charge < -0.3 is 9.63 Å². The third-order valence-corrected chi connectivity index (χ3v) is 5.85. The lowest BCUT2D eigenvalue weighted by atomic mass is 9.93. The van der Waals surface area contributed by atoms with E-state index in [0.717, 1.165) is 5.56 Å². The smallest absolute Gasteiger partial charge is 0.295 e. The minimum atomic E-state index is -0.789. The predicted octanol–water partition coefficient (Wildman–Crippen LogP) is 4.95. The number of aromatic nitrogens is 1. The number of aliphatic hydroxyl groups is 1. The summed E-state index contributed by atoms with van der Waals surface area (Å²) in [5.41, 5.74) is 1.91. The Morgan fingerprint density at radius 1 is 1.24 bits per heavy atom. The molecule has 3 heterocycles. The van der Waals surface area contributed by atoms with Crippen LogP contribution in [0.15, 0.2) is 63.7 Å². The summed E-state index contributed by atoms with van der Waals surface area (Å²) >= 11 is 1.27. The summed E-state index contributed by atoms with van der Waals surface area (Å²) in [6.07, 6.45) is 0. The number of anilines is 1. The van der Waals surface area contributed by atoms with E-state index in [2.05, 4.69) is 19.0 Å². The van der Waals surface area contributed by atoms with Crippen LogP contribution in [-0.4, -0.2) is 22.0 Å².